The van der Waals surface area contributed by atoms with Crippen LogP contribution in [0.4, 0.5) is 0 Å². The molecule has 1 aliphatic rings. The quantitative estimate of drug-likeness (QED) is 0.850. The third kappa shape index (κ3) is 3.54. The lowest BCUT2D eigenvalue weighted by Crippen LogP contribution is -2.45. The Bertz CT molecular complexity index is 762. The predicted molar refractivity (Wildman–Crippen MR) is 96.3 cm³/mol. The number of amidine groups is 1. The summed E-state index contributed by atoms with van der Waals surface area (Å²) in [6.07, 6.45) is 2.02. The van der Waals surface area contributed by atoms with Gasteiger partial charge in [0.15, 0.2) is 5.84 Å². The van der Waals surface area contributed by atoms with Crippen LogP contribution in [0.15, 0.2) is 58.5 Å². The summed E-state index contributed by atoms with van der Waals surface area (Å²) in [5, 5.41) is 4.28. The van der Waals surface area contributed by atoms with Crippen LogP contribution in [0.3, 0.4) is 0 Å². The van der Waals surface area contributed by atoms with Gasteiger partial charge in [-0.2, -0.15) is 5.10 Å². The van der Waals surface area contributed by atoms with Crippen molar-refractivity contribution in [3.8, 4) is 5.75 Å². The largest absolute Gasteiger partial charge is 0.496 e. The zero-order valence-corrected chi connectivity index (χ0v) is 14.5. The number of rotatable bonds is 5. The summed E-state index contributed by atoms with van der Waals surface area (Å²) in [5.41, 5.74) is 4.56. The number of thioether (sulfide) groups is 1. The molecule has 0 aromatic heterocycles. The second kappa shape index (κ2) is 7.40. The van der Waals surface area contributed by atoms with Gasteiger partial charge in [0.25, 0.3) is 5.91 Å². The Morgan fingerprint density at radius 2 is 2.04 bits per heavy atom. The summed E-state index contributed by atoms with van der Waals surface area (Å²) in [5.74, 6) is 1.34. The van der Waals surface area contributed by atoms with Gasteiger partial charge in [-0.25, -0.2) is 5.43 Å². The molecule has 24 heavy (non-hydrogen) atoms. The van der Waals surface area contributed by atoms with Gasteiger partial charge in [0.2, 0.25) is 0 Å². The zero-order chi connectivity index (χ0) is 16.9. The molecule has 0 atom stereocenters. The number of hydrogen-bond donors (Lipinski definition) is 1. The topological polar surface area (TPSA) is 53.9 Å². The maximum atomic E-state index is 11.8. The van der Waals surface area contributed by atoms with Crippen LogP contribution in [0.2, 0.25) is 0 Å². The van der Waals surface area contributed by atoms with Gasteiger partial charge in [0.1, 0.15) is 12.3 Å². The maximum Gasteiger partial charge on any atom is 0.259 e. The van der Waals surface area contributed by atoms with Gasteiger partial charge in [-0.3, -0.25) is 4.79 Å². The zero-order valence-electron chi connectivity index (χ0n) is 13.7. The number of amides is 1. The van der Waals surface area contributed by atoms with Gasteiger partial charge in [0, 0.05) is 11.4 Å². The molecular weight excluding hydrogens is 322 g/mol. The first-order valence-electron chi connectivity index (χ1n) is 7.59. The molecule has 1 amide bonds. The van der Waals surface area contributed by atoms with E-state index >= 15 is 0 Å². The van der Waals surface area contributed by atoms with E-state index in [2.05, 4.69) is 10.5 Å². The van der Waals surface area contributed by atoms with Crippen LogP contribution in [0.1, 0.15) is 11.1 Å². The Morgan fingerprint density at radius 3 is 2.75 bits per heavy atom. The number of carbonyl (C=O) groups is 1. The molecule has 0 radical (unpaired) electrons. The predicted octanol–water partition coefficient (Wildman–Crippen LogP) is 2.71. The maximum absolute atomic E-state index is 11.8. The van der Waals surface area contributed by atoms with E-state index in [0.717, 1.165) is 21.8 Å². The van der Waals surface area contributed by atoms with Crippen molar-refractivity contribution in [3.05, 3.63) is 59.7 Å². The first-order chi connectivity index (χ1) is 11.7. The van der Waals surface area contributed by atoms with Crippen LogP contribution < -0.4 is 10.2 Å². The molecule has 2 aromatic carbocycles. The molecule has 2 aromatic rings. The second-order valence-electron chi connectivity index (χ2n) is 5.38. The summed E-state index contributed by atoms with van der Waals surface area (Å²) < 4.78 is 5.53. The summed E-state index contributed by atoms with van der Waals surface area (Å²) in [6.45, 7) is 0.877. The number of nitrogens with zero attached hydrogens (tertiary/aromatic N) is 2. The average Bonchev–Trinajstić information content (AvgIpc) is 2.62. The molecule has 3 rings (SSSR count). The molecule has 1 heterocycles. The molecule has 0 unspecified atom stereocenters. The van der Waals surface area contributed by atoms with Crippen molar-refractivity contribution in [1.82, 2.24) is 10.3 Å². The monoisotopic (exact) mass is 341 g/mol. The molecule has 0 saturated carbocycles. The van der Waals surface area contributed by atoms with Crippen molar-refractivity contribution >= 4 is 23.5 Å². The minimum Gasteiger partial charge on any atom is -0.496 e. The highest BCUT2D eigenvalue weighted by atomic mass is 32.2. The second-order valence-corrected chi connectivity index (χ2v) is 6.26. The molecular formula is C18H19N3O2S. The summed E-state index contributed by atoms with van der Waals surface area (Å²) >= 11 is 1.65. The molecule has 124 valence electrons. The molecule has 1 N–H and O–H groups in total. The van der Waals surface area contributed by atoms with Crippen LogP contribution in [0.25, 0.3) is 0 Å². The number of ether oxygens (including phenoxy) is 1. The molecule has 0 saturated heterocycles. The summed E-state index contributed by atoms with van der Waals surface area (Å²) in [7, 11) is 1.65. The van der Waals surface area contributed by atoms with Crippen molar-refractivity contribution in [2.45, 2.75) is 11.4 Å². The Kier molecular flexibility index (Phi) is 5.05. The molecule has 0 fully saturated rings. The number of hydrazone groups is 1. The van der Waals surface area contributed by atoms with E-state index in [1.165, 1.54) is 0 Å². The lowest BCUT2D eigenvalue weighted by molar-refractivity contribution is -0.122. The van der Waals surface area contributed by atoms with E-state index in [0.29, 0.717) is 12.4 Å². The third-order valence-corrected chi connectivity index (χ3v) is 4.51. The van der Waals surface area contributed by atoms with Gasteiger partial charge < -0.3 is 9.64 Å². The van der Waals surface area contributed by atoms with Crippen LogP contribution in [-0.2, 0) is 11.3 Å². The van der Waals surface area contributed by atoms with Crippen molar-refractivity contribution in [2.24, 2.45) is 5.10 Å². The average molecular weight is 341 g/mol. The lowest BCUT2D eigenvalue weighted by Gasteiger charge is -2.29. The van der Waals surface area contributed by atoms with Crippen molar-refractivity contribution in [3.63, 3.8) is 0 Å². The summed E-state index contributed by atoms with van der Waals surface area (Å²) in [6, 6.07) is 16.0. The Balaban J connectivity index is 1.96. The van der Waals surface area contributed by atoms with Crippen molar-refractivity contribution in [2.75, 3.05) is 19.9 Å². The highest BCUT2D eigenvalue weighted by Crippen LogP contribution is 2.27. The number of hydrogen-bond acceptors (Lipinski definition) is 5. The highest BCUT2D eigenvalue weighted by molar-refractivity contribution is 7.98. The fourth-order valence-corrected chi connectivity index (χ4v) is 3.05. The number of nitrogens with one attached hydrogen (secondary N) is 1. The van der Waals surface area contributed by atoms with Gasteiger partial charge in [-0.05, 0) is 30.0 Å². The standard InChI is InChI=1S/C18H19N3O2S/c1-23-16-10-14(24-2)8-9-15(16)18-20-19-17(22)12-21(18)11-13-6-4-3-5-7-13/h3-10H,11-12H2,1-2H3,(H,19,22). The normalized spacial score (nSPS) is 14.2. The van der Waals surface area contributed by atoms with E-state index in [1.54, 1.807) is 18.9 Å². The van der Waals surface area contributed by atoms with Crippen LogP contribution in [0.5, 0.6) is 5.75 Å². The minimum absolute atomic E-state index is 0.116. The van der Waals surface area contributed by atoms with E-state index < -0.39 is 0 Å². The lowest BCUT2D eigenvalue weighted by atomic mass is 10.1. The van der Waals surface area contributed by atoms with Gasteiger partial charge in [0.05, 0.1) is 12.7 Å². The Labute approximate surface area is 145 Å². The molecule has 5 nitrogen and oxygen atoms in total. The van der Waals surface area contributed by atoms with Crippen molar-refractivity contribution < 1.29 is 9.53 Å². The van der Waals surface area contributed by atoms with E-state index in [-0.39, 0.29) is 12.5 Å². The Morgan fingerprint density at radius 1 is 1.25 bits per heavy atom. The molecule has 0 spiro atoms. The molecule has 0 aliphatic carbocycles. The summed E-state index contributed by atoms with van der Waals surface area (Å²) in [4.78, 5) is 14.9. The SMILES string of the molecule is COc1cc(SC)ccc1C1=NNC(=O)CN1Cc1ccccc1. The smallest absolute Gasteiger partial charge is 0.259 e. The van der Waals surface area contributed by atoms with Crippen molar-refractivity contribution in [1.29, 1.82) is 0 Å². The fourth-order valence-electron chi connectivity index (χ4n) is 2.62. The van der Waals surface area contributed by atoms with E-state index in [9.17, 15) is 4.79 Å². The van der Waals surface area contributed by atoms with Crippen LogP contribution in [0, 0.1) is 0 Å². The molecule has 6 heteroatoms. The Hall–Kier alpha value is -2.47. The number of methoxy groups -OCH3 is 1. The molecule has 1 aliphatic heterocycles. The molecule has 0 bridgehead atoms. The van der Waals surface area contributed by atoms with Crippen LogP contribution >= 0.6 is 11.8 Å². The first-order valence-corrected chi connectivity index (χ1v) is 8.81. The minimum atomic E-state index is -0.116. The van der Waals surface area contributed by atoms with Crippen LogP contribution in [-0.4, -0.2) is 36.6 Å². The fraction of sp³-hybridized carbons (Fsp3) is 0.222. The van der Waals surface area contributed by atoms with E-state index in [4.69, 9.17) is 4.74 Å². The number of carbonyl (C=O) groups excluding carboxylic acids is 1. The van der Waals surface area contributed by atoms with Gasteiger partial charge >= 0.3 is 0 Å². The van der Waals surface area contributed by atoms with Gasteiger partial charge in [-0.1, -0.05) is 30.3 Å². The van der Waals surface area contributed by atoms with E-state index in [1.807, 2.05) is 59.7 Å². The third-order valence-electron chi connectivity index (χ3n) is 3.79. The van der Waals surface area contributed by atoms with Gasteiger partial charge in [-0.15, -0.1) is 11.8 Å². The highest BCUT2D eigenvalue weighted by Gasteiger charge is 2.24. The number of benzene rings is 2. The first kappa shape index (κ1) is 16.4.